The molecule has 0 radical (unpaired) electrons. The number of hydrogen-bond acceptors (Lipinski definition) is 3. The van der Waals surface area contributed by atoms with Gasteiger partial charge in [0.1, 0.15) is 0 Å². The Bertz CT molecular complexity index is 427. The standard InChI is InChI=1S/C13H20N2O2S/c1-4-6-14-12(16)8-15-13(17)11-7-10(5-2)9(3)18-11/h7H,4-6,8H2,1-3H3,(H,14,16)(H,15,17). The largest absolute Gasteiger partial charge is 0.355 e. The maximum atomic E-state index is 11.8. The third kappa shape index (κ3) is 4.14. The lowest BCUT2D eigenvalue weighted by Crippen LogP contribution is -2.36. The van der Waals surface area contributed by atoms with Crippen molar-refractivity contribution in [3.8, 4) is 0 Å². The van der Waals surface area contributed by atoms with Crippen LogP contribution in [0.4, 0.5) is 0 Å². The van der Waals surface area contributed by atoms with Crippen LogP contribution in [-0.2, 0) is 11.2 Å². The van der Waals surface area contributed by atoms with E-state index in [2.05, 4.69) is 17.6 Å². The van der Waals surface area contributed by atoms with Crippen LogP contribution in [0.2, 0.25) is 0 Å². The van der Waals surface area contributed by atoms with Crippen molar-refractivity contribution in [2.24, 2.45) is 0 Å². The van der Waals surface area contributed by atoms with E-state index in [1.54, 1.807) is 0 Å². The number of thiophene rings is 1. The first kappa shape index (κ1) is 14.7. The maximum absolute atomic E-state index is 11.8. The molecule has 0 unspecified atom stereocenters. The van der Waals surface area contributed by atoms with Crippen molar-refractivity contribution in [2.75, 3.05) is 13.1 Å². The summed E-state index contributed by atoms with van der Waals surface area (Å²) in [6.07, 6.45) is 1.82. The van der Waals surface area contributed by atoms with E-state index in [1.165, 1.54) is 16.9 Å². The summed E-state index contributed by atoms with van der Waals surface area (Å²) < 4.78 is 0. The highest BCUT2D eigenvalue weighted by Crippen LogP contribution is 2.21. The van der Waals surface area contributed by atoms with Crippen LogP contribution in [0.25, 0.3) is 0 Å². The van der Waals surface area contributed by atoms with Crippen molar-refractivity contribution in [1.82, 2.24) is 10.6 Å². The van der Waals surface area contributed by atoms with E-state index in [4.69, 9.17) is 0 Å². The molecule has 2 N–H and O–H groups in total. The minimum atomic E-state index is -0.172. The molecule has 0 spiro atoms. The fourth-order valence-corrected chi connectivity index (χ4v) is 2.59. The molecular formula is C13H20N2O2S. The molecule has 0 aromatic carbocycles. The highest BCUT2D eigenvalue weighted by molar-refractivity contribution is 7.14. The van der Waals surface area contributed by atoms with Crippen molar-refractivity contribution in [2.45, 2.75) is 33.6 Å². The molecule has 5 heteroatoms. The van der Waals surface area contributed by atoms with Crippen LogP contribution in [0.15, 0.2) is 6.07 Å². The van der Waals surface area contributed by atoms with Crippen LogP contribution in [0, 0.1) is 6.92 Å². The fraction of sp³-hybridized carbons (Fsp3) is 0.538. The molecule has 2 amide bonds. The Morgan fingerprint density at radius 3 is 2.56 bits per heavy atom. The molecule has 18 heavy (non-hydrogen) atoms. The van der Waals surface area contributed by atoms with Gasteiger partial charge in [0, 0.05) is 11.4 Å². The number of nitrogens with one attached hydrogen (secondary N) is 2. The molecule has 4 nitrogen and oxygen atoms in total. The predicted molar refractivity (Wildman–Crippen MR) is 74.1 cm³/mol. The van der Waals surface area contributed by atoms with Crippen molar-refractivity contribution in [3.63, 3.8) is 0 Å². The quantitative estimate of drug-likeness (QED) is 0.827. The normalized spacial score (nSPS) is 10.2. The summed E-state index contributed by atoms with van der Waals surface area (Å²) in [7, 11) is 0. The minimum Gasteiger partial charge on any atom is -0.355 e. The molecule has 100 valence electrons. The van der Waals surface area contributed by atoms with Gasteiger partial charge in [-0.05, 0) is 31.4 Å². The number of rotatable bonds is 6. The van der Waals surface area contributed by atoms with Gasteiger partial charge in [-0.25, -0.2) is 0 Å². The van der Waals surface area contributed by atoms with Gasteiger partial charge in [-0.1, -0.05) is 13.8 Å². The molecule has 0 fully saturated rings. The molecule has 1 rings (SSSR count). The Hall–Kier alpha value is -1.36. The molecule has 1 heterocycles. The Balaban J connectivity index is 2.47. The molecule has 0 atom stereocenters. The van der Waals surface area contributed by atoms with E-state index in [0.717, 1.165) is 17.7 Å². The highest BCUT2D eigenvalue weighted by Gasteiger charge is 2.12. The fourth-order valence-electron chi connectivity index (χ4n) is 1.56. The van der Waals surface area contributed by atoms with E-state index in [9.17, 15) is 9.59 Å². The lowest BCUT2D eigenvalue weighted by molar-refractivity contribution is -0.120. The van der Waals surface area contributed by atoms with Crippen molar-refractivity contribution in [3.05, 3.63) is 21.4 Å². The number of hydrogen-bond donors (Lipinski definition) is 2. The second kappa shape index (κ2) is 7.16. The maximum Gasteiger partial charge on any atom is 0.261 e. The summed E-state index contributed by atoms with van der Waals surface area (Å²) in [6.45, 7) is 6.74. The molecule has 0 aliphatic heterocycles. The third-order valence-corrected chi connectivity index (χ3v) is 3.70. The minimum absolute atomic E-state index is 0.0389. The lowest BCUT2D eigenvalue weighted by atomic mass is 10.2. The molecule has 0 aliphatic rings. The van der Waals surface area contributed by atoms with Crippen molar-refractivity contribution < 1.29 is 9.59 Å². The second-order valence-electron chi connectivity index (χ2n) is 4.08. The summed E-state index contributed by atoms with van der Waals surface area (Å²) in [6, 6.07) is 1.90. The Morgan fingerprint density at radius 1 is 1.28 bits per heavy atom. The summed E-state index contributed by atoms with van der Waals surface area (Å²) in [4.78, 5) is 25.0. The van der Waals surface area contributed by atoms with Crippen molar-refractivity contribution >= 4 is 23.2 Å². The first-order chi connectivity index (χ1) is 8.58. The molecule has 0 saturated carbocycles. The highest BCUT2D eigenvalue weighted by atomic mass is 32.1. The summed E-state index contributed by atoms with van der Waals surface area (Å²) in [5.74, 6) is -0.316. The molecule has 0 aliphatic carbocycles. The number of carbonyl (C=O) groups excluding carboxylic acids is 2. The smallest absolute Gasteiger partial charge is 0.261 e. The Kier molecular flexibility index (Phi) is 5.85. The van der Waals surface area contributed by atoms with Gasteiger partial charge in [0.05, 0.1) is 11.4 Å². The number of carbonyl (C=O) groups is 2. The first-order valence-corrected chi connectivity index (χ1v) is 7.04. The Labute approximate surface area is 112 Å². The van der Waals surface area contributed by atoms with Crippen LogP contribution in [0.1, 0.15) is 40.4 Å². The Morgan fingerprint density at radius 2 is 2.00 bits per heavy atom. The van der Waals surface area contributed by atoms with Gasteiger partial charge in [-0.3, -0.25) is 9.59 Å². The topological polar surface area (TPSA) is 58.2 Å². The summed E-state index contributed by atoms with van der Waals surface area (Å²) in [5, 5.41) is 5.35. The predicted octanol–water partition coefficient (Wildman–Crippen LogP) is 1.87. The van der Waals surface area contributed by atoms with Crippen LogP contribution >= 0.6 is 11.3 Å². The van der Waals surface area contributed by atoms with Gasteiger partial charge in [-0.15, -0.1) is 11.3 Å². The van der Waals surface area contributed by atoms with Crippen LogP contribution in [-0.4, -0.2) is 24.9 Å². The number of aryl methyl sites for hydroxylation is 2. The van der Waals surface area contributed by atoms with Gasteiger partial charge in [-0.2, -0.15) is 0 Å². The van der Waals surface area contributed by atoms with E-state index in [-0.39, 0.29) is 18.4 Å². The van der Waals surface area contributed by atoms with E-state index in [0.29, 0.717) is 11.4 Å². The van der Waals surface area contributed by atoms with Gasteiger partial charge in [0.2, 0.25) is 5.91 Å². The van der Waals surface area contributed by atoms with E-state index in [1.807, 2.05) is 19.9 Å². The zero-order valence-electron chi connectivity index (χ0n) is 11.1. The van der Waals surface area contributed by atoms with E-state index >= 15 is 0 Å². The van der Waals surface area contributed by atoms with Gasteiger partial charge >= 0.3 is 0 Å². The molecule has 0 bridgehead atoms. The second-order valence-corrected chi connectivity index (χ2v) is 5.33. The molecule has 0 saturated heterocycles. The summed E-state index contributed by atoms with van der Waals surface area (Å²) in [5.41, 5.74) is 1.19. The third-order valence-electron chi connectivity index (χ3n) is 2.61. The zero-order valence-corrected chi connectivity index (χ0v) is 11.9. The van der Waals surface area contributed by atoms with Gasteiger partial charge in [0.15, 0.2) is 0 Å². The van der Waals surface area contributed by atoms with Gasteiger partial charge < -0.3 is 10.6 Å². The molecule has 1 aromatic heterocycles. The molecular weight excluding hydrogens is 248 g/mol. The number of amides is 2. The average Bonchev–Trinajstić information content (AvgIpc) is 2.74. The lowest BCUT2D eigenvalue weighted by Gasteiger charge is -2.04. The average molecular weight is 268 g/mol. The first-order valence-electron chi connectivity index (χ1n) is 6.22. The monoisotopic (exact) mass is 268 g/mol. The van der Waals surface area contributed by atoms with E-state index < -0.39 is 0 Å². The zero-order chi connectivity index (χ0) is 13.5. The van der Waals surface area contributed by atoms with Crippen LogP contribution < -0.4 is 10.6 Å². The van der Waals surface area contributed by atoms with Crippen LogP contribution in [0.3, 0.4) is 0 Å². The van der Waals surface area contributed by atoms with Crippen molar-refractivity contribution in [1.29, 1.82) is 0 Å². The molecule has 1 aromatic rings. The van der Waals surface area contributed by atoms with Crippen LogP contribution in [0.5, 0.6) is 0 Å². The van der Waals surface area contributed by atoms with Gasteiger partial charge in [0.25, 0.3) is 5.91 Å². The summed E-state index contributed by atoms with van der Waals surface area (Å²) >= 11 is 1.47. The SMILES string of the molecule is CCCNC(=O)CNC(=O)c1cc(CC)c(C)s1.